The lowest BCUT2D eigenvalue weighted by Crippen LogP contribution is -2.47. The lowest BCUT2D eigenvalue weighted by molar-refractivity contribution is -0.130. The number of piperazine rings is 1. The maximum Gasteiger partial charge on any atom is 0.219 e. The molecule has 0 radical (unpaired) electrons. The number of rotatable bonds is 3. The van der Waals surface area contributed by atoms with Crippen LogP contribution in [0.5, 0.6) is 0 Å². The summed E-state index contributed by atoms with van der Waals surface area (Å²) in [5.41, 5.74) is 0. The second kappa shape index (κ2) is 5.65. The largest absolute Gasteiger partial charge is 0.340 e. The summed E-state index contributed by atoms with van der Waals surface area (Å²) in [5.74, 6) is 0.203. The fourth-order valence-corrected chi connectivity index (χ4v) is 3.14. The molecule has 0 bridgehead atoms. The van der Waals surface area contributed by atoms with Gasteiger partial charge in [-0.2, -0.15) is 0 Å². The zero-order chi connectivity index (χ0) is 12.3. The fraction of sp³-hybridized carbons (Fsp3) is 0.615. The molecule has 0 saturated carbocycles. The van der Waals surface area contributed by atoms with Crippen molar-refractivity contribution in [1.29, 1.82) is 0 Å². The lowest BCUT2D eigenvalue weighted by Gasteiger charge is -2.33. The smallest absolute Gasteiger partial charge is 0.219 e. The monoisotopic (exact) mass is 252 g/mol. The summed E-state index contributed by atoms with van der Waals surface area (Å²) in [4.78, 5) is 18.5. The molecule has 0 atom stereocenters. The van der Waals surface area contributed by atoms with Crippen molar-refractivity contribution in [2.45, 2.75) is 26.8 Å². The Hall–Kier alpha value is -0.870. The highest BCUT2D eigenvalue weighted by molar-refractivity contribution is 7.11. The number of thiophene rings is 1. The van der Waals surface area contributed by atoms with E-state index in [2.05, 4.69) is 24.0 Å². The van der Waals surface area contributed by atoms with Crippen LogP contribution >= 0.6 is 11.3 Å². The minimum absolute atomic E-state index is 0.203. The molecule has 1 fully saturated rings. The van der Waals surface area contributed by atoms with Gasteiger partial charge in [-0.1, -0.05) is 6.92 Å². The standard InChI is InChI=1S/C13H20N2OS/c1-3-12-4-5-13(17-12)10-14-6-8-15(9-7-14)11(2)16/h4-5H,3,6-10H2,1-2H3. The van der Waals surface area contributed by atoms with Gasteiger partial charge in [-0.05, 0) is 18.6 Å². The first-order valence-electron chi connectivity index (χ1n) is 6.24. The van der Waals surface area contributed by atoms with Crippen molar-refractivity contribution < 1.29 is 4.79 Å². The van der Waals surface area contributed by atoms with Crippen molar-refractivity contribution in [3.8, 4) is 0 Å². The van der Waals surface area contributed by atoms with Crippen LogP contribution in [0.15, 0.2) is 12.1 Å². The number of hydrogen-bond acceptors (Lipinski definition) is 3. The number of carbonyl (C=O) groups is 1. The van der Waals surface area contributed by atoms with Crippen molar-refractivity contribution in [3.63, 3.8) is 0 Å². The van der Waals surface area contributed by atoms with Gasteiger partial charge < -0.3 is 4.90 Å². The van der Waals surface area contributed by atoms with Crippen LogP contribution < -0.4 is 0 Å². The summed E-state index contributed by atoms with van der Waals surface area (Å²) in [5, 5.41) is 0. The van der Waals surface area contributed by atoms with E-state index in [4.69, 9.17) is 0 Å². The van der Waals surface area contributed by atoms with Crippen LogP contribution in [0.25, 0.3) is 0 Å². The van der Waals surface area contributed by atoms with Crippen molar-refractivity contribution in [2.24, 2.45) is 0 Å². The molecule has 3 nitrogen and oxygen atoms in total. The van der Waals surface area contributed by atoms with Crippen molar-refractivity contribution in [1.82, 2.24) is 9.80 Å². The van der Waals surface area contributed by atoms with Crippen molar-refractivity contribution in [2.75, 3.05) is 26.2 Å². The van der Waals surface area contributed by atoms with Gasteiger partial charge in [-0.25, -0.2) is 0 Å². The highest BCUT2D eigenvalue weighted by atomic mass is 32.1. The quantitative estimate of drug-likeness (QED) is 0.821. The predicted octanol–water partition coefficient (Wildman–Crippen LogP) is 1.97. The molecular formula is C13H20N2OS. The third-order valence-corrected chi connectivity index (χ3v) is 4.48. The Morgan fingerprint density at radius 3 is 2.41 bits per heavy atom. The number of aryl methyl sites for hydroxylation is 1. The number of hydrogen-bond donors (Lipinski definition) is 0. The third-order valence-electron chi connectivity index (χ3n) is 3.26. The van der Waals surface area contributed by atoms with Crippen LogP contribution in [0.1, 0.15) is 23.6 Å². The maximum atomic E-state index is 11.2. The average Bonchev–Trinajstić information content (AvgIpc) is 2.77. The Morgan fingerprint density at radius 2 is 1.88 bits per heavy atom. The molecule has 1 aromatic rings. The Labute approximate surface area is 107 Å². The number of nitrogens with zero attached hydrogens (tertiary/aromatic N) is 2. The highest BCUT2D eigenvalue weighted by Crippen LogP contribution is 2.19. The zero-order valence-electron chi connectivity index (χ0n) is 10.6. The van der Waals surface area contributed by atoms with Gasteiger partial charge in [-0.3, -0.25) is 9.69 Å². The molecule has 1 amide bonds. The van der Waals surface area contributed by atoms with E-state index >= 15 is 0 Å². The first kappa shape index (κ1) is 12.6. The summed E-state index contributed by atoms with van der Waals surface area (Å²) < 4.78 is 0. The first-order chi connectivity index (χ1) is 8.19. The second-order valence-electron chi connectivity index (χ2n) is 4.50. The Bertz CT molecular complexity index is 381. The van der Waals surface area contributed by atoms with Gasteiger partial charge in [0.15, 0.2) is 0 Å². The van der Waals surface area contributed by atoms with E-state index in [9.17, 15) is 4.79 Å². The normalized spacial score (nSPS) is 17.4. The van der Waals surface area contributed by atoms with E-state index in [1.54, 1.807) is 6.92 Å². The molecule has 1 aliphatic heterocycles. The number of amides is 1. The van der Waals surface area contributed by atoms with E-state index in [0.29, 0.717) is 0 Å². The molecule has 0 aromatic carbocycles. The van der Waals surface area contributed by atoms with Gasteiger partial charge in [0.25, 0.3) is 0 Å². The Morgan fingerprint density at radius 1 is 1.24 bits per heavy atom. The van der Waals surface area contributed by atoms with Crippen molar-refractivity contribution >= 4 is 17.2 Å². The topological polar surface area (TPSA) is 23.6 Å². The van der Waals surface area contributed by atoms with Crippen LogP contribution in [-0.2, 0) is 17.8 Å². The molecule has 17 heavy (non-hydrogen) atoms. The van der Waals surface area contributed by atoms with E-state index < -0.39 is 0 Å². The molecule has 0 N–H and O–H groups in total. The fourth-order valence-electron chi connectivity index (χ4n) is 2.14. The Kier molecular flexibility index (Phi) is 4.18. The minimum atomic E-state index is 0.203. The maximum absolute atomic E-state index is 11.2. The van der Waals surface area contributed by atoms with Gasteiger partial charge >= 0.3 is 0 Å². The van der Waals surface area contributed by atoms with E-state index in [1.165, 1.54) is 9.75 Å². The SMILES string of the molecule is CCc1ccc(CN2CCN(C(C)=O)CC2)s1. The summed E-state index contributed by atoms with van der Waals surface area (Å²) in [6, 6.07) is 4.46. The predicted molar refractivity (Wildman–Crippen MR) is 71.2 cm³/mol. The summed E-state index contributed by atoms with van der Waals surface area (Å²) in [7, 11) is 0. The molecule has 94 valence electrons. The molecule has 0 spiro atoms. The Balaban J connectivity index is 1.83. The van der Waals surface area contributed by atoms with Crippen LogP contribution in [0.4, 0.5) is 0 Å². The summed E-state index contributed by atoms with van der Waals surface area (Å²) >= 11 is 1.91. The molecular weight excluding hydrogens is 232 g/mol. The van der Waals surface area contributed by atoms with Gasteiger partial charge in [0.2, 0.25) is 5.91 Å². The van der Waals surface area contributed by atoms with Gasteiger partial charge in [0.1, 0.15) is 0 Å². The molecule has 0 unspecified atom stereocenters. The van der Waals surface area contributed by atoms with Crippen LogP contribution in [0, 0.1) is 0 Å². The molecule has 2 heterocycles. The van der Waals surface area contributed by atoms with Crippen molar-refractivity contribution in [3.05, 3.63) is 21.9 Å². The van der Waals surface area contributed by atoms with Crippen LogP contribution in [-0.4, -0.2) is 41.9 Å². The summed E-state index contributed by atoms with van der Waals surface area (Å²) in [6.07, 6.45) is 1.13. The highest BCUT2D eigenvalue weighted by Gasteiger charge is 2.18. The summed E-state index contributed by atoms with van der Waals surface area (Å²) in [6.45, 7) is 8.64. The number of carbonyl (C=O) groups excluding carboxylic acids is 1. The van der Waals surface area contributed by atoms with Crippen LogP contribution in [0.3, 0.4) is 0 Å². The minimum Gasteiger partial charge on any atom is -0.340 e. The second-order valence-corrected chi connectivity index (χ2v) is 5.76. The molecule has 2 rings (SSSR count). The lowest BCUT2D eigenvalue weighted by atomic mass is 10.3. The molecule has 1 saturated heterocycles. The molecule has 1 aromatic heterocycles. The van der Waals surface area contributed by atoms with E-state index in [1.807, 2.05) is 16.2 Å². The molecule has 0 aliphatic carbocycles. The average molecular weight is 252 g/mol. The van der Waals surface area contributed by atoms with Gasteiger partial charge in [-0.15, -0.1) is 11.3 Å². The molecule has 4 heteroatoms. The zero-order valence-corrected chi connectivity index (χ0v) is 11.4. The van der Waals surface area contributed by atoms with Crippen LogP contribution in [0.2, 0.25) is 0 Å². The third kappa shape index (κ3) is 3.30. The van der Waals surface area contributed by atoms with Gasteiger partial charge in [0.05, 0.1) is 0 Å². The molecule has 1 aliphatic rings. The van der Waals surface area contributed by atoms with E-state index in [0.717, 1.165) is 39.1 Å². The van der Waals surface area contributed by atoms with E-state index in [-0.39, 0.29) is 5.91 Å². The first-order valence-corrected chi connectivity index (χ1v) is 7.06. The van der Waals surface area contributed by atoms with Gasteiger partial charge in [0, 0.05) is 49.4 Å².